The number of benzene rings is 2. The van der Waals surface area contributed by atoms with Gasteiger partial charge in [0.15, 0.2) is 0 Å². The van der Waals surface area contributed by atoms with Gasteiger partial charge >= 0.3 is 0 Å². The fourth-order valence-corrected chi connectivity index (χ4v) is 3.28. The average molecular weight is 283 g/mol. The number of anilines is 1. The number of thioether (sulfide) groups is 1. The summed E-state index contributed by atoms with van der Waals surface area (Å²) in [6.07, 6.45) is 0.257. The second-order valence-electron chi connectivity index (χ2n) is 4.53. The minimum atomic E-state index is -0.329. The molecule has 1 aliphatic rings. The third kappa shape index (κ3) is 2.47. The van der Waals surface area contributed by atoms with E-state index in [9.17, 15) is 9.59 Å². The van der Waals surface area contributed by atoms with Crippen LogP contribution in [0.2, 0.25) is 0 Å². The van der Waals surface area contributed by atoms with Gasteiger partial charge in [-0.25, -0.2) is 4.90 Å². The number of imide groups is 1. The van der Waals surface area contributed by atoms with Crippen molar-refractivity contribution in [2.45, 2.75) is 16.6 Å². The first kappa shape index (κ1) is 12.9. The highest BCUT2D eigenvalue weighted by molar-refractivity contribution is 8.00. The van der Waals surface area contributed by atoms with E-state index in [1.165, 1.54) is 16.7 Å². The quantitative estimate of drug-likeness (QED) is 0.812. The predicted molar refractivity (Wildman–Crippen MR) is 79.6 cm³/mol. The smallest absolute Gasteiger partial charge is 0.247 e. The molecule has 1 saturated heterocycles. The molecule has 0 spiro atoms. The largest absolute Gasteiger partial charge is 0.274 e. The minimum Gasteiger partial charge on any atom is -0.274 e. The number of hydrogen-bond donors (Lipinski definition) is 0. The number of amides is 2. The summed E-state index contributed by atoms with van der Waals surface area (Å²) < 4.78 is 0. The van der Waals surface area contributed by atoms with Gasteiger partial charge in [0, 0.05) is 11.3 Å². The van der Waals surface area contributed by atoms with Crippen molar-refractivity contribution in [1.29, 1.82) is 0 Å². The van der Waals surface area contributed by atoms with Crippen molar-refractivity contribution < 1.29 is 9.59 Å². The molecule has 1 aliphatic heterocycles. The first-order chi connectivity index (χ1) is 9.75. The van der Waals surface area contributed by atoms with Gasteiger partial charge in [-0.1, -0.05) is 36.4 Å². The molecule has 0 bridgehead atoms. The van der Waals surface area contributed by atoms with Crippen LogP contribution in [0.15, 0.2) is 65.6 Å². The number of hydrogen-bond acceptors (Lipinski definition) is 3. The van der Waals surface area contributed by atoms with Crippen molar-refractivity contribution >= 4 is 29.3 Å². The molecule has 0 N–H and O–H groups in total. The zero-order chi connectivity index (χ0) is 13.9. The zero-order valence-electron chi connectivity index (χ0n) is 10.7. The number of rotatable bonds is 3. The Morgan fingerprint density at radius 1 is 0.900 bits per heavy atom. The standard InChI is InChI=1S/C16H13NO2S/c18-15-11-14(20-13-9-5-2-6-10-13)16(19)17(15)12-7-3-1-4-8-12/h1-10,14H,11H2/t14-/m0/s1. The lowest BCUT2D eigenvalue weighted by molar-refractivity contribution is -0.121. The van der Waals surface area contributed by atoms with Gasteiger partial charge in [-0.3, -0.25) is 9.59 Å². The second kappa shape index (κ2) is 5.51. The Morgan fingerprint density at radius 2 is 1.50 bits per heavy atom. The maximum absolute atomic E-state index is 12.4. The van der Waals surface area contributed by atoms with Crippen LogP contribution in [0.3, 0.4) is 0 Å². The van der Waals surface area contributed by atoms with Crippen LogP contribution in [0.25, 0.3) is 0 Å². The molecule has 3 rings (SSSR count). The Morgan fingerprint density at radius 3 is 2.15 bits per heavy atom. The summed E-state index contributed by atoms with van der Waals surface area (Å²) in [5.74, 6) is -0.260. The molecule has 4 heteroatoms. The first-order valence-electron chi connectivity index (χ1n) is 6.39. The van der Waals surface area contributed by atoms with Crippen LogP contribution >= 0.6 is 11.8 Å². The van der Waals surface area contributed by atoms with Gasteiger partial charge in [0.05, 0.1) is 10.9 Å². The van der Waals surface area contributed by atoms with Gasteiger partial charge in [-0.2, -0.15) is 0 Å². The second-order valence-corrected chi connectivity index (χ2v) is 5.80. The normalized spacial score (nSPS) is 18.6. The van der Waals surface area contributed by atoms with E-state index in [0.29, 0.717) is 5.69 Å². The third-order valence-electron chi connectivity index (χ3n) is 3.14. The molecule has 2 amide bonds. The molecule has 0 unspecified atom stereocenters. The van der Waals surface area contributed by atoms with Crippen LogP contribution < -0.4 is 4.90 Å². The summed E-state index contributed by atoms with van der Waals surface area (Å²) in [7, 11) is 0. The molecule has 0 saturated carbocycles. The van der Waals surface area contributed by atoms with Gasteiger partial charge < -0.3 is 0 Å². The van der Waals surface area contributed by atoms with Crippen LogP contribution in [0.5, 0.6) is 0 Å². The molecule has 0 aliphatic carbocycles. The van der Waals surface area contributed by atoms with E-state index in [4.69, 9.17) is 0 Å². The van der Waals surface area contributed by atoms with Gasteiger partial charge in [-0.05, 0) is 24.3 Å². The topological polar surface area (TPSA) is 37.4 Å². The molecular weight excluding hydrogens is 270 g/mol. The van der Waals surface area contributed by atoms with Gasteiger partial charge in [0.1, 0.15) is 0 Å². The predicted octanol–water partition coefficient (Wildman–Crippen LogP) is 3.11. The molecule has 1 fully saturated rings. The zero-order valence-corrected chi connectivity index (χ0v) is 11.5. The highest BCUT2D eigenvalue weighted by Gasteiger charge is 2.39. The Kier molecular flexibility index (Phi) is 3.56. The fourth-order valence-electron chi connectivity index (χ4n) is 2.21. The summed E-state index contributed by atoms with van der Waals surface area (Å²) in [6.45, 7) is 0. The van der Waals surface area contributed by atoms with Gasteiger partial charge in [-0.15, -0.1) is 11.8 Å². The summed E-state index contributed by atoms with van der Waals surface area (Å²) >= 11 is 1.45. The van der Waals surface area contributed by atoms with E-state index in [1.807, 2.05) is 48.5 Å². The van der Waals surface area contributed by atoms with E-state index in [2.05, 4.69) is 0 Å². The average Bonchev–Trinajstić information content (AvgIpc) is 2.75. The molecular formula is C16H13NO2S. The van der Waals surface area contributed by atoms with Crippen molar-refractivity contribution in [3.05, 3.63) is 60.7 Å². The van der Waals surface area contributed by atoms with Crippen molar-refractivity contribution in [2.75, 3.05) is 4.90 Å². The van der Waals surface area contributed by atoms with E-state index in [-0.39, 0.29) is 23.5 Å². The van der Waals surface area contributed by atoms with Crippen LogP contribution in [0.1, 0.15) is 6.42 Å². The van der Waals surface area contributed by atoms with Crippen molar-refractivity contribution in [2.24, 2.45) is 0 Å². The number of para-hydroxylation sites is 1. The molecule has 1 atom stereocenters. The maximum Gasteiger partial charge on any atom is 0.247 e. The van der Waals surface area contributed by atoms with Crippen LogP contribution in [0.4, 0.5) is 5.69 Å². The SMILES string of the molecule is O=C1C[C@H](Sc2ccccc2)C(=O)N1c1ccccc1. The van der Waals surface area contributed by atoms with Gasteiger partial charge in [0.25, 0.3) is 0 Å². The highest BCUT2D eigenvalue weighted by Crippen LogP contribution is 2.33. The van der Waals surface area contributed by atoms with E-state index >= 15 is 0 Å². The molecule has 100 valence electrons. The van der Waals surface area contributed by atoms with Crippen LogP contribution in [-0.4, -0.2) is 17.1 Å². The van der Waals surface area contributed by atoms with Crippen molar-refractivity contribution in [3.63, 3.8) is 0 Å². The summed E-state index contributed by atoms with van der Waals surface area (Å²) in [4.78, 5) is 26.8. The van der Waals surface area contributed by atoms with E-state index in [0.717, 1.165) is 4.90 Å². The fraction of sp³-hybridized carbons (Fsp3) is 0.125. The molecule has 1 heterocycles. The minimum absolute atomic E-state index is 0.130. The van der Waals surface area contributed by atoms with Crippen LogP contribution in [-0.2, 0) is 9.59 Å². The monoisotopic (exact) mass is 283 g/mol. The highest BCUT2D eigenvalue weighted by atomic mass is 32.2. The first-order valence-corrected chi connectivity index (χ1v) is 7.27. The Labute approximate surface area is 121 Å². The van der Waals surface area contributed by atoms with Crippen molar-refractivity contribution in [3.8, 4) is 0 Å². The van der Waals surface area contributed by atoms with E-state index in [1.54, 1.807) is 12.1 Å². The van der Waals surface area contributed by atoms with Crippen molar-refractivity contribution in [1.82, 2.24) is 0 Å². The summed E-state index contributed by atoms with van der Waals surface area (Å²) in [5, 5.41) is -0.329. The maximum atomic E-state index is 12.4. The lowest BCUT2D eigenvalue weighted by Gasteiger charge is -2.14. The number of carbonyl (C=O) groups excluding carboxylic acids is 2. The number of nitrogens with zero attached hydrogens (tertiary/aromatic N) is 1. The third-order valence-corrected chi connectivity index (χ3v) is 4.34. The Bertz CT molecular complexity index is 627. The molecule has 0 aromatic heterocycles. The molecule has 2 aromatic carbocycles. The molecule has 0 radical (unpaired) electrons. The molecule has 20 heavy (non-hydrogen) atoms. The Balaban J connectivity index is 1.81. The Hall–Kier alpha value is -2.07. The molecule has 2 aromatic rings. The molecule has 3 nitrogen and oxygen atoms in total. The lowest BCUT2D eigenvalue weighted by atomic mass is 10.3. The van der Waals surface area contributed by atoms with Gasteiger partial charge in [0.2, 0.25) is 11.8 Å². The number of carbonyl (C=O) groups is 2. The summed E-state index contributed by atoms with van der Waals surface area (Å²) in [6, 6.07) is 18.8. The summed E-state index contributed by atoms with van der Waals surface area (Å²) in [5.41, 5.74) is 0.652. The van der Waals surface area contributed by atoms with E-state index < -0.39 is 0 Å². The van der Waals surface area contributed by atoms with Crippen LogP contribution in [0, 0.1) is 0 Å². The lowest BCUT2D eigenvalue weighted by Crippen LogP contribution is -2.30.